The highest BCUT2D eigenvalue weighted by Crippen LogP contribution is 2.41. The van der Waals surface area contributed by atoms with Crippen molar-refractivity contribution in [3.63, 3.8) is 0 Å². The van der Waals surface area contributed by atoms with Gasteiger partial charge < -0.3 is 4.74 Å². The molecule has 2 rings (SSSR count). The maximum atomic E-state index is 12.6. The molecule has 1 unspecified atom stereocenters. The van der Waals surface area contributed by atoms with Gasteiger partial charge in [0.1, 0.15) is 5.82 Å². The monoisotopic (exact) mass is 324 g/mol. The summed E-state index contributed by atoms with van der Waals surface area (Å²) in [5.41, 5.74) is 1.09. The van der Waals surface area contributed by atoms with Crippen molar-refractivity contribution < 1.29 is 9.53 Å². The zero-order valence-electron chi connectivity index (χ0n) is 11.5. The molecule has 0 spiro atoms. The van der Waals surface area contributed by atoms with Crippen molar-refractivity contribution in [1.29, 1.82) is 0 Å². The zero-order valence-corrected chi connectivity index (χ0v) is 13.1. The van der Waals surface area contributed by atoms with Gasteiger partial charge in [0.05, 0.1) is 0 Å². The van der Waals surface area contributed by atoms with Gasteiger partial charge in [0, 0.05) is 34.3 Å². The molecule has 1 aliphatic rings. The maximum absolute atomic E-state index is 12.6. The number of halogens is 1. The van der Waals surface area contributed by atoms with Gasteiger partial charge in [-0.05, 0) is 22.0 Å². The van der Waals surface area contributed by atoms with E-state index in [0.29, 0.717) is 5.82 Å². The third-order valence-electron chi connectivity index (χ3n) is 3.02. The van der Waals surface area contributed by atoms with Crippen LogP contribution in [0.25, 0.3) is 5.57 Å². The smallest absolute Gasteiger partial charge is 0.235 e. The van der Waals surface area contributed by atoms with Crippen LogP contribution in [-0.4, -0.2) is 24.2 Å². The number of hydrogen-bond donors (Lipinski definition) is 0. The summed E-state index contributed by atoms with van der Waals surface area (Å²) in [5.74, 6) is 0.578. The van der Waals surface area contributed by atoms with E-state index in [1.807, 2.05) is 26.8 Å². The molecule has 1 aliphatic heterocycles. The lowest BCUT2D eigenvalue weighted by Gasteiger charge is -2.29. The molecule has 0 fully saturated rings. The fraction of sp³-hybridized carbons (Fsp3) is 0.429. The Kier molecular flexibility index (Phi) is 3.53. The lowest BCUT2D eigenvalue weighted by Crippen LogP contribution is -2.44. The van der Waals surface area contributed by atoms with Crippen LogP contribution >= 0.6 is 15.9 Å². The third kappa shape index (κ3) is 2.32. The molecule has 0 bridgehead atoms. The minimum atomic E-state index is -0.507. The summed E-state index contributed by atoms with van der Waals surface area (Å²) < 4.78 is 6.28. The van der Waals surface area contributed by atoms with Crippen molar-refractivity contribution in [2.24, 2.45) is 5.41 Å². The molecule has 0 aliphatic carbocycles. The average molecular weight is 325 g/mol. The van der Waals surface area contributed by atoms with E-state index in [1.165, 1.54) is 0 Å². The molecule has 0 N–H and O–H groups in total. The van der Waals surface area contributed by atoms with Crippen LogP contribution in [0.15, 0.2) is 23.3 Å². The van der Waals surface area contributed by atoms with Gasteiger partial charge in [-0.3, -0.25) is 9.69 Å². The van der Waals surface area contributed by atoms with E-state index in [9.17, 15) is 4.79 Å². The molecular weight excluding hydrogens is 308 g/mol. The number of methoxy groups -OCH3 is 1. The summed E-state index contributed by atoms with van der Waals surface area (Å²) >= 11 is 3.38. The summed E-state index contributed by atoms with van der Waals surface area (Å²) in [5, 5.41) is 0. The van der Waals surface area contributed by atoms with E-state index in [1.54, 1.807) is 18.2 Å². The molecule has 1 aromatic heterocycles. The molecule has 0 radical (unpaired) electrons. The van der Waals surface area contributed by atoms with E-state index in [2.05, 4.69) is 27.5 Å². The quantitative estimate of drug-likeness (QED) is 0.796. The molecule has 1 amide bonds. The Bertz CT molecular complexity index is 549. The van der Waals surface area contributed by atoms with Gasteiger partial charge in [-0.1, -0.05) is 27.4 Å². The minimum absolute atomic E-state index is 0.0333. The summed E-state index contributed by atoms with van der Waals surface area (Å²) in [7, 11) is 1.57. The number of aromatic nitrogens is 1. The van der Waals surface area contributed by atoms with Crippen LogP contribution in [0.2, 0.25) is 0 Å². The van der Waals surface area contributed by atoms with E-state index < -0.39 is 11.6 Å². The van der Waals surface area contributed by atoms with E-state index in [4.69, 9.17) is 4.74 Å². The van der Waals surface area contributed by atoms with Crippen LogP contribution in [0, 0.1) is 5.41 Å². The summed E-state index contributed by atoms with van der Waals surface area (Å²) in [6.07, 6.45) is 1.19. The first-order valence-corrected chi connectivity index (χ1v) is 6.78. The first kappa shape index (κ1) is 14.2. The van der Waals surface area contributed by atoms with Gasteiger partial charge in [0.2, 0.25) is 5.91 Å². The number of fused-ring (bicyclic) bond motifs is 1. The lowest BCUT2D eigenvalue weighted by atomic mass is 9.95. The molecule has 1 aromatic rings. The number of carbonyl (C=O) groups is 1. The second kappa shape index (κ2) is 4.72. The molecule has 0 aromatic carbocycles. The number of anilines is 1. The molecule has 102 valence electrons. The Morgan fingerprint density at radius 2 is 2.16 bits per heavy atom. The van der Waals surface area contributed by atoms with Crippen molar-refractivity contribution in [2.75, 3.05) is 12.0 Å². The second-order valence-electron chi connectivity index (χ2n) is 5.56. The second-order valence-corrected chi connectivity index (χ2v) is 6.48. The molecule has 19 heavy (non-hydrogen) atoms. The summed E-state index contributed by atoms with van der Waals surface area (Å²) in [4.78, 5) is 18.5. The van der Waals surface area contributed by atoms with Gasteiger partial charge in [-0.25, -0.2) is 4.98 Å². The van der Waals surface area contributed by atoms with Crippen molar-refractivity contribution in [3.8, 4) is 0 Å². The van der Waals surface area contributed by atoms with Crippen molar-refractivity contribution in [3.05, 3.63) is 28.9 Å². The number of nitrogens with zero attached hydrogens (tertiary/aromatic N) is 2. The van der Waals surface area contributed by atoms with E-state index in [-0.39, 0.29) is 5.91 Å². The Morgan fingerprint density at radius 1 is 1.53 bits per heavy atom. The number of hydrogen-bond acceptors (Lipinski definition) is 3. The van der Waals surface area contributed by atoms with Gasteiger partial charge >= 0.3 is 0 Å². The third-order valence-corrected chi connectivity index (χ3v) is 3.46. The molecule has 5 heteroatoms. The average Bonchev–Trinajstić information content (AvgIpc) is 2.59. The molecule has 1 atom stereocenters. The van der Waals surface area contributed by atoms with Gasteiger partial charge in [0.15, 0.2) is 6.23 Å². The van der Waals surface area contributed by atoms with Crippen LogP contribution in [0.1, 0.15) is 26.3 Å². The minimum Gasteiger partial charge on any atom is -0.357 e. The first-order valence-electron chi connectivity index (χ1n) is 5.98. The number of ether oxygens (including phenoxy) is 1. The van der Waals surface area contributed by atoms with E-state index >= 15 is 0 Å². The lowest BCUT2D eigenvalue weighted by molar-refractivity contribution is -0.127. The number of pyridine rings is 1. The van der Waals surface area contributed by atoms with E-state index in [0.717, 1.165) is 15.6 Å². The Balaban J connectivity index is 2.55. The predicted molar refractivity (Wildman–Crippen MR) is 78.7 cm³/mol. The number of rotatable bonds is 1. The van der Waals surface area contributed by atoms with Crippen molar-refractivity contribution in [2.45, 2.75) is 27.0 Å². The van der Waals surface area contributed by atoms with Gasteiger partial charge in [-0.15, -0.1) is 0 Å². The van der Waals surface area contributed by atoms with Gasteiger partial charge in [-0.2, -0.15) is 0 Å². The van der Waals surface area contributed by atoms with Crippen molar-refractivity contribution >= 4 is 33.2 Å². The number of carbonyl (C=O) groups excluding carboxylic acids is 1. The van der Waals surface area contributed by atoms with Crippen LogP contribution in [-0.2, 0) is 9.53 Å². The molecule has 2 heterocycles. The summed E-state index contributed by atoms with van der Waals surface area (Å²) in [6.45, 7) is 9.65. The van der Waals surface area contributed by atoms with Crippen LogP contribution in [0.3, 0.4) is 0 Å². The Hall–Kier alpha value is -1.20. The molecule has 0 saturated carbocycles. The predicted octanol–water partition coefficient (Wildman–Crippen LogP) is 3.22. The highest BCUT2D eigenvalue weighted by molar-refractivity contribution is 9.10. The highest BCUT2D eigenvalue weighted by atomic mass is 79.9. The molecular formula is C14H17BrN2O2. The fourth-order valence-electron chi connectivity index (χ4n) is 2.07. The Labute approximate surface area is 121 Å². The SMILES string of the molecule is C=C1c2cc(Br)cnc2N(C(=O)C(C)(C)C)C1OC. The zero-order chi connectivity index (χ0) is 14.4. The maximum Gasteiger partial charge on any atom is 0.235 e. The first-order chi connectivity index (χ1) is 8.77. The van der Waals surface area contributed by atoms with Crippen LogP contribution in [0.5, 0.6) is 0 Å². The Morgan fingerprint density at radius 3 is 2.68 bits per heavy atom. The largest absolute Gasteiger partial charge is 0.357 e. The number of amides is 1. The van der Waals surface area contributed by atoms with Crippen LogP contribution < -0.4 is 4.90 Å². The van der Waals surface area contributed by atoms with Gasteiger partial charge in [0.25, 0.3) is 0 Å². The summed E-state index contributed by atoms with van der Waals surface area (Å²) in [6, 6.07) is 1.91. The molecule has 4 nitrogen and oxygen atoms in total. The van der Waals surface area contributed by atoms with Crippen LogP contribution in [0.4, 0.5) is 5.82 Å². The fourth-order valence-corrected chi connectivity index (χ4v) is 2.40. The normalized spacial score (nSPS) is 18.7. The highest BCUT2D eigenvalue weighted by Gasteiger charge is 2.42. The topological polar surface area (TPSA) is 42.4 Å². The van der Waals surface area contributed by atoms with Crippen molar-refractivity contribution in [1.82, 2.24) is 4.98 Å². The standard InChI is InChI=1S/C14H17BrN2O2/c1-8-10-6-9(15)7-16-11(10)17(12(8)19-5)13(18)14(2,3)4/h6-7,12H,1H2,2-5H3. The molecule has 0 saturated heterocycles.